The molecule has 0 bridgehead atoms. The predicted molar refractivity (Wildman–Crippen MR) is 87.7 cm³/mol. The normalized spacial score (nSPS) is 16.1. The lowest BCUT2D eigenvalue weighted by Crippen LogP contribution is -2.11. The number of non-ortho nitro benzene ring substituents is 1. The van der Waals surface area contributed by atoms with E-state index in [2.05, 4.69) is 10.5 Å². The Bertz CT molecular complexity index is 624. The van der Waals surface area contributed by atoms with E-state index in [1.165, 1.54) is 44.2 Å². The molecule has 1 aliphatic carbocycles. The van der Waals surface area contributed by atoms with Crippen molar-refractivity contribution < 1.29 is 9.85 Å². The van der Waals surface area contributed by atoms with Gasteiger partial charge < -0.3 is 0 Å². The zero-order valence-corrected chi connectivity index (χ0v) is 13.0. The van der Waals surface area contributed by atoms with Crippen LogP contribution in [-0.2, 0) is 0 Å². The van der Waals surface area contributed by atoms with Gasteiger partial charge in [0.1, 0.15) is 5.69 Å². The number of hydrogen-bond donors (Lipinski definition) is 1. The first-order chi connectivity index (χ1) is 11.0. The summed E-state index contributed by atoms with van der Waals surface area (Å²) in [6.45, 7) is 1.89. The van der Waals surface area contributed by atoms with Crippen molar-refractivity contribution in [2.24, 2.45) is 11.0 Å². The molecule has 8 heteroatoms. The van der Waals surface area contributed by atoms with Gasteiger partial charge in [-0.15, -0.1) is 0 Å². The standard InChI is InChI=1S/C15H20N4O4/c1-11(9-12-5-3-2-4-6-12)16-17-14-8-7-13(18(20)21)10-15(14)19(22)23/h7-8,10,12,17H,2-6,9H2,1H3. The largest absolute Gasteiger partial charge is 0.301 e. The fraction of sp³-hybridized carbons (Fsp3) is 0.533. The third-order valence-electron chi connectivity index (χ3n) is 4.06. The van der Waals surface area contributed by atoms with Crippen LogP contribution in [0.25, 0.3) is 0 Å². The van der Waals surface area contributed by atoms with E-state index in [0.717, 1.165) is 18.2 Å². The molecule has 0 spiro atoms. The third kappa shape index (κ3) is 4.73. The summed E-state index contributed by atoms with van der Waals surface area (Å²) < 4.78 is 0. The van der Waals surface area contributed by atoms with Gasteiger partial charge >= 0.3 is 5.69 Å². The molecule has 0 aliphatic heterocycles. The topological polar surface area (TPSA) is 111 Å². The summed E-state index contributed by atoms with van der Waals surface area (Å²) in [4.78, 5) is 20.5. The molecule has 1 aromatic carbocycles. The maximum Gasteiger partial charge on any atom is 0.301 e. The van der Waals surface area contributed by atoms with Crippen molar-refractivity contribution in [3.05, 3.63) is 38.4 Å². The molecule has 1 aliphatic rings. The highest BCUT2D eigenvalue weighted by Gasteiger charge is 2.19. The number of benzene rings is 1. The second kappa shape index (κ2) is 7.66. The van der Waals surface area contributed by atoms with Crippen molar-refractivity contribution >= 4 is 22.8 Å². The monoisotopic (exact) mass is 320 g/mol. The summed E-state index contributed by atoms with van der Waals surface area (Å²) in [6, 6.07) is 3.48. The van der Waals surface area contributed by atoms with E-state index in [1.807, 2.05) is 6.92 Å². The molecule has 0 unspecified atom stereocenters. The second-order valence-corrected chi connectivity index (χ2v) is 5.88. The quantitative estimate of drug-likeness (QED) is 0.478. The molecule has 0 heterocycles. The number of anilines is 1. The first-order valence-corrected chi connectivity index (χ1v) is 7.69. The highest BCUT2D eigenvalue weighted by atomic mass is 16.6. The van der Waals surface area contributed by atoms with Gasteiger partial charge in [0.15, 0.2) is 0 Å². The molecular weight excluding hydrogens is 300 g/mol. The zero-order valence-electron chi connectivity index (χ0n) is 13.0. The molecule has 0 saturated heterocycles. The van der Waals surface area contributed by atoms with Crippen LogP contribution in [-0.4, -0.2) is 15.6 Å². The summed E-state index contributed by atoms with van der Waals surface area (Å²) in [5.74, 6) is 0.626. The van der Waals surface area contributed by atoms with Crippen molar-refractivity contribution in [2.75, 3.05) is 5.43 Å². The summed E-state index contributed by atoms with van der Waals surface area (Å²) >= 11 is 0. The molecule has 124 valence electrons. The van der Waals surface area contributed by atoms with E-state index in [-0.39, 0.29) is 17.1 Å². The number of nitrogens with one attached hydrogen (secondary N) is 1. The molecule has 2 rings (SSSR count). The number of hydrazone groups is 1. The van der Waals surface area contributed by atoms with Crippen LogP contribution < -0.4 is 5.43 Å². The molecule has 0 amide bonds. The Hall–Kier alpha value is -2.51. The average molecular weight is 320 g/mol. The molecule has 8 nitrogen and oxygen atoms in total. The highest BCUT2D eigenvalue weighted by molar-refractivity contribution is 5.83. The van der Waals surface area contributed by atoms with Crippen LogP contribution in [0, 0.1) is 26.1 Å². The fourth-order valence-electron chi connectivity index (χ4n) is 2.89. The minimum absolute atomic E-state index is 0.156. The molecule has 0 atom stereocenters. The van der Waals surface area contributed by atoms with Crippen LogP contribution in [0.5, 0.6) is 0 Å². The second-order valence-electron chi connectivity index (χ2n) is 5.88. The first-order valence-electron chi connectivity index (χ1n) is 7.69. The van der Waals surface area contributed by atoms with Crippen LogP contribution in [0.15, 0.2) is 23.3 Å². The highest BCUT2D eigenvalue weighted by Crippen LogP contribution is 2.29. The Morgan fingerprint density at radius 3 is 2.52 bits per heavy atom. The van der Waals surface area contributed by atoms with Crippen LogP contribution in [0.4, 0.5) is 17.1 Å². The van der Waals surface area contributed by atoms with Crippen molar-refractivity contribution in [3.63, 3.8) is 0 Å². The van der Waals surface area contributed by atoms with Gasteiger partial charge in [-0.1, -0.05) is 32.1 Å². The Morgan fingerprint density at radius 1 is 1.22 bits per heavy atom. The van der Waals surface area contributed by atoms with Gasteiger partial charge in [0.25, 0.3) is 5.69 Å². The maximum atomic E-state index is 11.1. The van der Waals surface area contributed by atoms with Gasteiger partial charge in [-0.3, -0.25) is 25.7 Å². The zero-order chi connectivity index (χ0) is 16.8. The molecule has 0 radical (unpaired) electrons. The van der Waals surface area contributed by atoms with Crippen LogP contribution in [0.1, 0.15) is 45.4 Å². The van der Waals surface area contributed by atoms with E-state index >= 15 is 0 Å². The van der Waals surface area contributed by atoms with Crippen molar-refractivity contribution in [1.82, 2.24) is 0 Å². The Kier molecular flexibility index (Phi) is 5.61. The van der Waals surface area contributed by atoms with Gasteiger partial charge in [-0.2, -0.15) is 5.10 Å². The number of nitrogens with zero attached hydrogens (tertiary/aromatic N) is 3. The van der Waals surface area contributed by atoms with Crippen molar-refractivity contribution in [1.29, 1.82) is 0 Å². The van der Waals surface area contributed by atoms with Crippen molar-refractivity contribution in [2.45, 2.75) is 45.4 Å². The fourth-order valence-corrected chi connectivity index (χ4v) is 2.89. The Labute approximate surface area is 133 Å². The summed E-state index contributed by atoms with van der Waals surface area (Å²) in [5, 5.41) is 26.0. The molecular formula is C15H20N4O4. The van der Waals surface area contributed by atoms with E-state index in [0.29, 0.717) is 5.92 Å². The molecule has 1 aromatic rings. The lowest BCUT2D eigenvalue weighted by Gasteiger charge is -2.21. The van der Waals surface area contributed by atoms with Gasteiger partial charge in [-0.25, -0.2) is 0 Å². The molecule has 23 heavy (non-hydrogen) atoms. The lowest BCUT2D eigenvalue weighted by atomic mass is 9.86. The molecule has 1 saturated carbocycles. The number of nitro benzene ring substituents is 2. The van der Waals surface area contributed by atoms with E-state index in [4.69, 9.17) is 0 Å². The number of nitro groups is 2. The Balaban J connectivity index is 2.07. The number of rotatable bonds is 6. The lowest BCUT2D eigenvalue weighted by molar-refractivity contribution is -0.393. The summed E-state index contributed by atoms with van der Waals surface area (Å²) in [5.41, 5.74) is 3.04. The number of hydrogen-bond acceptors (Lipinski definition) is 6. The van der Waals surface area contributed by atoms with Crippen LogP contribution in [0.2, 0.25) is 0 Å². The predicted octanol–water partition coefficient (Wildman–Crippen LogP) is 4.26. The average Bonchev–Trinajstić information content (AvgIpc) is 2.53. The molecule has 0 aromatic heterocycles. The minimum Gasteiger partial charge on any atom is -0.272 e. The van der Waals surface area contributed by atoms with Gasteiger partial charge in [0, 0.05) is 11.8 Å². The third-order valence-corrected chi connectivity index (χ3v) is 4.06. The van der Waals surface area contributed by atoms with Crippen LogP contribution >= 0.6 is 0 Å². The van der Waals surface area contributed by atoms with E-state index < -0.39 is 9.85 Å². The Morgan fingerprint density at radius 2 is 1.91 bits per heavy atom. The van der Waals surface area contributed by atoms with Gasteiger partial charge in [0.2, 0.25) is 0 Å². The first kappa shape index (κ1) is 16.9. The minimum atomic E-state index is -0.658. The van der Waals surface area contributed by atoms with Gasteiger partial charge in [0.05, 0.1) is 15.9 Å². The van der Waals surface area contributed by atoms with Gasteiger partial charge in [-0.05, 0) is 25.3 Å². The van der Waals surface area contributed by atoms with E-state index in [1.54, 1.807) is 0 Å². The smallest absolute Gasteiger partial charge is 0.272 e. The molecule has 1 N–H and O–H groups in total. The maximum absolute atomic E-state index is 11.1. The SMILES string of the molecule is CC(CC1CCCCC1)=NNc1ccc([N+](=O)[O-])cc1[N+](=O)[O-]. The van der Waals surface area contributed by atoms with Crippen LogP contribution in [0.3, 0.4) is 0 Å². The van der Waals surface area contributed by atoms with Crippen molar-refractivity contribution in [3.8, 4) is 0 Å². The molecule has 1 fully saturated rings. The van der Waals surface area contributed by atoms with E-state index in [9.17, 15) is 20.2 Å². The summed E-state index contributed by atoms with van der Waals surface area (Å²) in [7, 11) is 0. The summed E-state index contributed by atoms with van der Waals surface area (Å²) in [6.07, 6.45) is 7.06.